The number of nitrogens with one attached hydrogen (secondary N) is 2. The summed E-state index contributed by atoms with van der Waals surface area (Å²) in [6.07, 6.45) is 4.23. The minimum absolute atomic E-state index is 0.173. The third-order valence-corrected chi connectivity index (χ3v) is 4.44. The van der Waals surface area contributed by atoms with E-state index in [1.807, 2.05) is 56.3 Å². The Labute approximate surface area is 154 Å². The number of hydrogen-bond acceptors (Lipinski definition) is 3. The molecule has 0 unspecified atom stereocenters. The molecule has 0 atom stereocenters. The van der Waals surface area contributed by atoms with Gasteiger partial charge in [0, 0.05) is 17.6 Å². The van der Waals surface area contributed by atoms with E-state index in [0.717, 1.165) is 29.0 Å². The maximum Gasteiger partial charge on any atom is 0.257 e. The number of anilines is 3. The summed E-state index contributed by atoms with van der Waals surface area (Å²) < 4.78 is 0. The summed E-state index contributed by atoms with van der Waals surface area (Å²) in [4.78, 5) is 16.8. The summed E-state index contributed by atoms with van der Waals surface area (Å²) in [6.45, 7) is 6.20. The zero-order valence-corrected chi connectivity index (χ0v) is 15.3. The van der Waals surface area contributed by atoms with Crippen molar-refractivity contribution in [2.75, 3.05) is 10.6 Å². The van der Waals surface area contributed by atoms with Gasteiger partial charge in [-0.1, -0.05) is 31.2 Å². The topological polar surface area (TPSA) is 54.0 Å². The predicted octanol–water partition coefficient (Wildman–Crippen LogP) is 5.26. The lowest BCUT2D eigenvalue weighted by Crippen LogP contribution is -2.12. The summed E-state index contributed by atoms with van der Waals surface area (Å²) in [5, 5.41) is 6.29. The SMILES string of the molecule is CCc1ccccc1Nc1cncc(C(=O)Nc2ccc(C)c(C)c2)c1. The number of amides is 1. The van der Waals surface area contributed by atoms with Gasteiger partial charge in [-0.3, -0.25) is 9.78 Å². The molecule has 0 aliphatic rings. The number of rotatable bonds is 5. The average molecular weight is 345 g/mol. The van der Waals surface area contributed by atoms with Gasteiger partial charge in [-0.15, -0.1) is 0 Å². The highest BCUT2D eigenvalue weighted by Crippen LogP contribution is 2.22. The lowest BCUT2D eigenvalue weighted by Gasteiger charge is -2.12. The Morgan fingerprint density at radius 2 is 1.77 bits per heavy atom. The van der Waals surface area contributed by atoms with Gasteiger partial charge in [-0.2, -0.15) is 0 Å². The number of pyridine rings is 1. The van der Waals surface area contributed by atoms with E-state index in [1.54, 1.807) is 12.4 Å². The first-order chi connectivity index (χ1) is 12.6. The molecule has 2 N–H and O–H groups in total. The Balaban J connectivity index is 1.78. The molecule has 0 saturated carbocycles. The minimum Gasteiger partial charge on any atom is -0.354 e. The first-order valence-electron chi connectivity index (χ1n) is 8.75. The number of aromatic nitrogens is 1. The van der Waals surface area contributed by atoms with Crippen molar-refractivity contribution < 1.29 is 4.79 Å². The van der Waals surface area contributed by atoms with Crippen LogP contribution in [0.2, 0.25) is 0 Å². The first-order valence-corrected chi connectivity index (χ1v) is 8.75. The van der Waals surface area contributed by atoms with Crippen molar-refractivity contribution in [2.24, 2.45) is 0 Å². The van der Waals surface area contributed by atoms with E-state index in [0.29, 0.717) is 5.56 Å². The second-order valence-electron chi connectivity index (χ2n) is 6.35. The van der Waals surface area contributed by atoms with Crippen LogP contribution in [0.15, 0.2) is 60.9 Å². The first kappa shape index (κ1) is 17.7. The number of para-hydroxylation sites is 1. The van der Waals surface area contributed by atoms with Gasteiger partial charge in [0.1, 0.15) is 0 Å². The van der Waals surface area contributed by atoms with Crippen molar-refractivity contribution in [3.05, 3.63) is 83.2 Å². The highest BCUT2D eigenvalue weighted by Gasteiger charge is 2.09. The third-order valence-electron chi connectivity index (χ3n) is 4.44. The molecule has 3 aromatic rings. The van der Waals surface area contributed by atoms with Crippen molar-refractivity contribution in [3.8, 4) is 0 Å². The Bertz CT molecular complexity index is 934. The largest absolute Gasteiger partial charge is 0.354 e. The van der Waals surface area contributed by atoms with Gasteiger partial charge in [0.05, 0.1) is 17.4 Å². The third kappa shape index (κ3) is 4.09. The molecule has 3 rings (SSSR count). The molecule has 0 radical (unpaired) electrons. The summed E-state index contributed by atoms with van der Waals surface area (Å²) in [5.74, 6) is -0.173. The van der Waals surface area contributed by atoms with Crippen molar-refractivity contribution in [3.63, 3.8) is 0 Å². The monoisotopic (exact) mass is 345 g/mol. The van der Waals surface area contributed by atoms with Crippen molar-refractivity contribution >= 4 is 23.0 Å². The quantitative estimate of drug-likeness (QED) is 0.663. The lowest BCUT2D eigenvalue weighted by atomic mass is 10.1. The molecule has 0 spiro atoms. The highest BCUT2D eigenvalue weighted by atomic mass is 16.1. The fourth-order valence-electron chi connectivity index (χ4n) is 2.76. The summed E-state index contributed by atoms with van der Waals surface area (Å²) in [6, 6.07) is 15.8. The standard InChI is InChI=1S/C22H23N3O/c1-4-17-7-5-6-8-21(17)24-20-12-18(13-23-14-20)22(26)25-19-10-9-15(2)16(3)11-19/h5-14,24H,4H2,1-3H3,(H,25,26). The second-order valence-corrected chi connectivity index (χ2v) is 6.35. The Kier molecular flexibility index (Phi) is 5.32. The molecule has 0 aliphatic heterocycles. The van der Waals surface area contributed by atoms with Gasteiger partial charge >= 0.3 is 0 Å². The molecular formula is C22H23N3O. The van der Waals surface area contributed by atoms with E-state index in [1.165, 1.54) is 11.1 Å². The summed E-state index contributed by atoms with van der Waals surface area (Å²) in [5.41, 5.74) is 6.69. The molecular weight excluding hydrogens is 322 g/mol. The molecule has 1 amide bonds. The number of hydrogen-bond donors (Lipinski definition) is 2. The average Bonchev–Trinajstić information content (AvgIpc) is 2.65. The summed E-state index contributed by atoms with van der Waals surface area (Å²) in [7, 11) is 0. The van der Waals surface area contributed by atoms with Crippen LogP contribution in [0.3, 0.4) is 0 Å². The Hall–Kier alpha value is -3.14. The van der Waals surface area contributed by atoms with Crippen LogP contribution in [0.25, 0.3) is 0 Å². The molecule has 1 aromatic heterocycles. The van der Waals surface area contributed by atoms with Gasteiger partial charge in [-0.05, 0) is 61.2 Å². The van der Waals surface area contributed by atoms with Crippen LogP contribution < -0.4 is 10.6 Å². The van der Waals surface area contributed by atoms with Crippen molar-refractivity contribution in [1.29, 1.82) is 0 Å². The van der Waals surface area contributed by atoms with Gasteiger partial charge < -0.3 is 10.6 Å². The molecule has 0 saturated heterocycles. The molecule has 4 nitrogen and oxygen atoms in total. The van der Waals surface area contributed by atoms with E-state index in [-0.39, 0.29) is 5.91 Å². The van der Waals surface area contributed by atoms with Gasteiger partial charge in [0.15, 0.2) is 0 Å². The second kappa shape index (κ2) is 7.83. The number of benzene rings is 2. The number of nitrogens with zero attached hydrogens (tertiary/aromatic N) is 1. The molecule has 0 bridgehead atoms. The van der Waals surface area contributed by atoms with Gasteiger partial charge in [0.2, 0.25) is 0 Å². The van der Waals surface area contributed by atoms with Crippen LogP contribution in [-0.4, -0.2) is 10.9 Å². The van der Waals surface area contributed by atoms with Crippen LogP contribution in [-0.2, 0) is 6.42 Å². The summed E-state index contributed by atoms with van der Waals surface area (Å²) >= 11 is 0. The predicted molar refractivity (Wildman–Crippen MR) is 107 cm³/mol. The highest BCUT2D eigenvalue weighted by molar-refractivity contribution is 6.04. The Morgan fingerprint density at radius 3 is 2.54 bits per heavy atom. The minimum atomic E-state index is -0.173. The molecule has 0 aliphatic carbocycles. The molecule has 132 valence electrons. The molecule has 0 fully saturated rings. The van der Waals surface area contributed by atoms with Crippen LogP contribution in [0, 0.1) is 13.8 Å². The molecule has 1 heterocycles. The van der Waals surface area contributed by atoms with E-state index in [9.17, 15) is 4.79 Å². The Morgan fingerprint density at radius 1 is 0.962 bits per heavy atom. The lowest BCUT2D eigenvalue weighted by molar-refractivity contribution is 0.102. The van der Waals surface area contributed by atoms with Crippen LogP contribution >= 0.6 is 0 Å². The van der Waals surface area contributed by atoms with Crippen molar-refractivity contribution in [1.82, 2.24) is 4.98 Å². The molecule has 2 aromatic carbocycles. The zero-order valence-electron chi connectivity index (χ0n) is 15.3. The molecule has 4 heteroatoms. The maximum atomic E-state index is 12.6. The van der Waals surface area contributed by atoms with E-state index in [2.05, 4.69) is 28.6 Å². The van der Waals surface area contributed by atoms with E-state index >= 15 is 0 Å². The zero-order chi connectivity index (χ0) is 18.5. The fourth-order valence-corrected chi connectivity index (χ4v) is 2.76. The maximum absolute atomic E-state index is 12.6. The molecule has 26 heavy (non-hydrogen) atoms. The number of carbonyl (C=O) groups excluding carboxylic acids is 1. The van der Waals surface area contributed by atoms with Crippen LogP contribution in [0.5, 0.6) is 0 Å². The van der Waals surface area contributed by atoms with Gasteiger partial charge in [0.25, 0.3) is 5.91 Å². The van der Waals surface area contributed by atoms with Crippen LogP contribution in [0.1, 0.15) is 34.0 Å². The number of carbonyl (C=O) groups is 1. The van der Waals surface area contributed by atoms with Crippen LogP contribution in [0.4, 0.5) is 17.1 Å². The van der Waals surface area contributed by atoms with Crippen molar-refractivity contribution in [2.45, 2.75) is 27.2 Å². The van der Waals surface area contributed by atoms with E-state index < -0.39 is 0 Å². The number of aryl methyl sites for hydroxylation is 3. The smallest absolute Gasteiger partial charge is 0.257 e. The van der Waals surface area contributed by atoms with Gasteiger partial charge in [-0.25, -0.2) is 0 Å². The normalized spacial score (nSPS) is 10.4. The fraction of sp³-hybridized carbons (Fsp3) is 0.182. The van der Waals surface area contributed by atoms with E-state index in [4.69, 9.17) is 0 Å².